The molecule has 4 fully saturated rings. The summed E-state index contributed by atoms with van der Waals surface area (Å²) in [5.74, 6) is 1.84. The fraction of sp³-hybridized carbons (Fsp3) is 0.923. The third-order valence-electron chi connectivity index (χ3n) is 5.25. The molecule has 0 aliphatic heterocycles. The molecule has 0 atom stereocenters. The van der Waals surface area contributed by atoms with Crippen LogP contribution in [0.4, 0.5) is 0 Å². The molecule has 90 valence electrons. The van der Waals surface area contributed by atoms with E-state index in [-0.39, 0.29) is 0 Å². The molecular weight excluding hydrogens is 202 g/mol. The van der Waals surface area contributed by atoms with Crippen molar-refractivity contribution in [1.29, 1.82) is 0 Å². The first kappa shape index (κ1) is 10.6. The van der Waals surface area contributed by atoms with Crippen molar-refractivity contribution in [1.82, 2.24) is 5.32 Å². The van der Waals surface area contributed by atoms with Crippen LogP contribution < -0.4 is 5.32 Å². The molecule has 4 saturated carbocycles. The highest BCUT2D eigenvalue weighted by atomic mass is 16.4. The van der Waals surface area contributed by atoms with Crippen molar-refractivity contribution in [2.24, 2.45) is 23.7 Å². The van der Waals surface area contributed by atoms with Gasteiger partial charge in [0.1, 0.15) is 5.54 Å². The summed E-state index contributed by atoms with van der Waals surface area (Å²) in [6.45, 7) is 2.80. The van der Waals surface area contributed by atoms with Gasteiger partial charge in [0, 0.05) is 0 Å². The van der Waals surface area contributed by atoms with Crippen molar-refractivity contribution in [3.63, 3.8) is 0 Å². The van der Waals surface area contributed by atoms with Crippen molar-refractivity contribution in [2.75, 3.05) is 6.54 Å². The Morgan fingerprint density at radius 3 is 2.06 bits per heavy atom. The minimum atomic E-state index is -0.594. The van der Waals surface area contributed by atoms with Crippen molar-refractivity contribution in [3.8, 4) is 0 Å². The van der Waals surface area contributed by atoms with Crippen LogP contribution in [0, 0.1) is 23.7 Å². The lowest BCUT2D eigenvalue weighted by molar-refractivity contribution is -0.164. The Morgan fingerprint density at radius 1 is 1.19 bits per heavy atom. The lowest BCUT2D eigenvalue weighted by Crippen LogP contribution is -2.68. The zero-order valence-electron chi connectivity index (χ0n) is 9.91. The Hall–Kier alpha value is -0.570. The molecule has 16 heavy (non-hydrogen) atoms. The standard InChI is InChI=1S/C13H21NO2/c1-2-14-13(12(15)16)10-4-8-3-9(6-10)7-11(13)5-8/h8-11,14H,2-7H2,1H3,(H,15,16). The average Bonchev–Trinajstić information content (AvgIpc) is 2.22. The molecule has 0 aromatic carbocycles. The summed E-state index contributed by atoms with van der Waals surface area (Å²) in [6.07, 6.45) is 5.95. The lowest BCUT2D eigenvalue weighted by atomic mass is 9.48. The number of nitrogens with one attached hydrogen (secondary N) is 1. The van der Waals surface area contributed by atoms with E-state index in [1.165, 1.54) is 6.42 Å². The van der Waals surface area contributed by atoms with Crippen LogP contribution in [-0.4, -0.2) is 23.2 Å². The predicted molar refractivity (Wildman–Crippen MR) is 61.1 cm³/mol. The molecule has 4 rings (SSSR count). The molecule has 4 aliphatic rings. The van der Waals surface area contributed by atoms with Crippen LogP contribution in [0.1, 0.15) is 39.0 Å². The van der Waals surface area contributed by atoms with Crippen LogP contribution in [0.3, 0.4) is 0 Å². The van der Waals surface area contributed by atoms with Crippen molar-refractivity contribution in [3.05, 3.63) is 0 Å². The first-order valence-electron chi connectivity index (χ1n) is 6.65. The molecule has 0 unspecified atom stereocenters. The van der Waals surface area contributed by atoms with E-state index in [4.69, 9.17) is 0 Å². The minimum Gasteiger partial charge on any atom is -0.480 e. The maximum atomic E-state index is 11.7. The van der Waals surface area contributed by atoms with E-state index < -0.39 is 11.5 Å². The third kappa shape index (κ3) is 1.21. The van der Waals surface area contributed by atoms with Crippen LogP contribution in [0.15, 0.2) is 0 Å². The molecular formula is C13H21NO2. The van der Waals surface area contributed by atoms with E-state index in [1.54, 1.807) is 0 Å². The molecule has 3 nitrogen and oxygen atoms in total. The summed E-state index contributed by atoms with van der Waals surface area (Å²) in [4.78, 5) is 11.7. The lowest BCUT2D eigenvalue weighted by Gasteiger charge is -2.59. The largest absolute Gasteiger partial charge is 0.480 e. The molecule has 0 spiro atoms. The molecule has 0 saturated heterocycles. The van der Waals surface area contributed by atoms with Crippen molar-refractivity contribution >= 4 is 5.97 Å². The van der Waals surface area contributed by atoms with Gasteiger partial charge < -0.3 is 10.4 Å². The highest BCUT2D eigenvalue weighted by Gasteiger charge is 2.60. The number of carboxylic acid groups (broad SMARTS) is 1. The number of carbonyl (C=O) groups is 1. The molecule has 2 N–H and O–H groups in total. The van der Waals surface area contributed by atoms with Crippen molar-refractivity contribution in [2.45, 2.75) is 44.6 Å². The molecule has 0 aromatic heterocycles. The van der Waals surface area contributed by atoms with Gasteiger partial charge in [-0.3, -0.25) is 4.79 Å². The molecule has 4 aliphatic carbocycles. The summed E-state index contributed by atoms with van der Waals surface area (Å²) in [5.41, 5.74) is -0.581. The number of hydrogen-bond acceptors (Lipinski definition) is 2. The average molecular weight is 223 g/mol. The van der Waals surface area contributed by atoms with Crippen LogP contribution in [0.2, 0.25) is 0 Å². The maximum Gasteiger partial charge on any atom is 0.324 e. The number of likely N-dealkylation sites (N-methyl/N-ethyl adjacent to an activating group) is 1. The first-order chi connectivity index (χ1) is 7.66. The molecule has 4 bridgehead atoms. The molecule has 0 radical (unpaired) electrons. The third-order valence-corrected chi connectivity index (χ3v) is 5.25. The SMILES string of the molecule is CCNC1(C(=O)O)C2CC3CC(C2)CC1C3. The van der Waals surface area contributed by atoms with E-state index in [0.717, 1.165) is 44.1 Å². The van der Waals surface area contributed by atoms with E-state index in [0.29, 0.717) is 11.8 Å². The van der Waals surface area contributed by atoms with Gasteiger partial charge >= 0.3 is 5.97 Å². The predicted octanol–water partition coefficient (Wildman–Crippen LogP) is 1.88. The van der Waals surface area contributed by atoms with Crippen LogP contribution in [-0.2, 0) is 4.79 Å². The Labute approximate surface area is 96.6 Å². The Bertz CT molecular complexity index is 285. The highest BCUT2D eigenvalue weighted by Crippen LogP contribution is 2.58. The second-order valence-corrected chi connectivity index (χ2v) is 6.01. The highest BCUT2D eigenvalue weighted by molar-refractivity contribution is 5.80. The summed E-state index contributed by atoms with van der Waals surface area (Å²) in [7, 11) is 0. The van der Waals surface area contributed by atoms with Gasteiger partial charge in [-0.1, -0.05) is 6.92 Å². The minimum absolute atomic E-state index is 0.390. The smallest absolute Gasteiger partial charge is 0.324 e. The zero-order valence-corrected chi connectivity index (χ0v) is 9.91. The quantitative estimate of drug-likeness (QED) is 0.768. The fourth-order valence-electron chi connectivity index (χ4n) is 4.93. The van der Waals surface area contributed by atoms with E-state index in [1.807, 2.05) is 6.92 Å². The fourth-order valence-corrected chi connectivity index (χ4v) is 4.93. The summed E-state index contributed by atoms with van der Waals surface area (Å²) in [5, 5.41) is 13.0. The monoisotopic (exact) mass is 223 g/mol. The summed E-state index contributed by atoms with van der Waals surface area (Å²) < 4.78 is 0. The second-order valence-electron chi connectivity index (χ2n) is 6.01. The van der Waals surface area contributed by atoms with E-state index >= 15 is 0 Å². The van der Waals surface area contributed by atoms with Crippen LogP contribution in [0.5, 0.6) is 0 Å². The molecule has 0 aromatic rings. The van der Waals surface area contributed by atoms with Gasteiger partial charge in [-0.05, 0) is 62.3 Å². The molecule has 3 heteroatoms. The number of rotatable bonds is 3. The first-order valence-corrected chi connectivity index (χ1v) is 6.65. The maximum absolute atomic E-state index is 11.7. The topological polar surface area (TPSA) is 49.3 Å². The van der Waals surface area contributed by atoms with Gasteiger partial charge in [0.25, 0.3) is 0 Å². The Balaban J connectivity index is 1.96. The number of aliphatic carboxylic acids is 1. The van der Waals surface area contributed by atoms with E-state index in [2.05, 4.69) is 5.32 Å². The second kappa shape index (κ2) is 3.46. The van der Waals surface area contributed by atoms with Gasteiger partial charge in [-0.2, -0.15) is 0 Å². The Morgan fingerprint density at radius 2 is 1.69 bits per heavy atom. The van der Waals surface area contributed by atoms with Gasteiger partial charge in [-0.15, -0.1) is 0 Å². The van der Waals surface area contributed by atoms with Crippen LogP contribution in [0.25, 0.3) is 0 Å². The van der Waals surface area contributed by atoms with Crippen molar-refractivity contribution < 1.29 is 9.90 Å². The zero-order chi connectivity index (χ0) is 11.3. The summed E-state index contributed by atoms with van der Waals surface area (Å²) >= 11 is 0. The van der Waals surface area contributed by atoms with Gasteiger partial charge in [-0.25, -0.2) is 0 Å². The van der Waals surface area contributed by atoms with Crippen LogP contribution >= 0.6 is 0 Å². The van der Waals surface area contributed by atoms with Gasteiger partial charge in [0.05, 0.1) is 0 Å². The normalized spacial score (nSPS) is 49.6. The Kier molecular flexibility index (Phi) is 2.29. The van der Waals surface area contributed by atoms with Gasteiger partial charge in [0.2, 0.25) is 0 Å². The molecule has 0 amide bonds. The van der Waals surface area contributed by atoms with E-state index in [9.17, 15) is 9.90 Å². The summed E-state index contributed by atoms with van der Waals surface area (Å²) in [6, 6.07) is 0. The number of carboxylic acids is 1. The number of hydrogen-bond donors (Lipinski definition) is 2. The van der Waals surface area contributed by atoms with Gasteiger partial charge in [0.15, 0.2) is 0 Å². The molecule has 0 heterocycles.